The van der Waals surface area contributed by atoms with Crippen molar-refractivity contribution in [3.05, 3.63) is 41.7 Å². The Labute approximate surface area is 131 Å². The summed E-state index contributed by atoms with van der Waals surface area (Å²) in [5.41, 5.74) is 3.43. The van der Waals surface area contributed by atoms with Gasteiger partial charge in [-0.2, -0.15) is 0 Å². The highest BCUT2D eigenvalue weighted by Crippen LogP contribution is 2.19. The molecule has 1 amide bonds. The van der Waals surface area contributed by atoms with Crippen LogP contribution in [-0.4, -0.2) is 15.9 Å². The Kier molecular flexibility index (Phi) is 5.09. The second-order valence-corrected chi connectivity index (χ2v) is 5.83. The normalized spacial score (nSPS) is 10.6. The van der Waals surface area contributed by atoms with Gasteiger partial charge in [0.15, 0.2) is 0 Å². The van der Waals surface area contributed by atoms with Crippen molar-refractivity contribution in [2.45, 2.75) is 34.1 Å². The van der Waals surface area contributed by atoms with E-state index in [0.717, 1.165) is 22.8 Å². The van der Waals surface area contributed by atoms with E-state index in [2.05, 4.69) is 20.6 Å². The van der Waals surface area contributed by atoms with Gasteiger partial charge in [-0.15, -0.1) is 0 Å². The van der Waals surface area contributed by atoms with Crippen LogP contribution in [-0.2, 0) is 4.79 Å². The highest BCUT2D eigenvalue weighted by molar-refractivity contribution is 5.91. The smallest absolute Gasteiger partial charge is 0.227 e. The molecule has 0 fully saturated rings. The minimum Gasteiger partial charge on any atom is -0.326 e. The Morgan fingerprint density at radius 1 is 1.09 bits per heavy atom. The number of nitrogens with one attached hydrogen (secondary N) is 2. The number of aromatic nitrogens is 2. The van der Waals surface area contributed by atoms with Gasteiger partial charge in [0.05, 0.1) is 0 Å². The van der Waals surface area contributed by atoms with Gasteiger partial charge < -0.3 is 10.6 Å². The lowest BCUT2D eigenvalue weighted by Gasteiger charge is -2.10. The maximum Gasteiger partial charge on any atom is 0.227 e. The van der Waals surface area contributed by atoms with Gasteiger partial charge in [0.25, 0.3) is 0 Å². The number of carbonyl (C=O) groups excluding carboxylic acids is 1. The van der Waals surface area contributed by atoms with E-state index in [9.17, 15) is 4.79 Å². The molecule has 116 valence electrons. The van der Waals surface area contributed by atoms with Crippen molar-refractivity contribution in [1.82, 2.24) is 9.97 Å². The van der Waals surface area contributed by atoms with Gasteiger partial charge in [-0.25, -0.2) is 9.97 Å². The highest BCUT2D eigenvalue weighted by atomic mass is 16.1. The van der Waals surface area contributed by atoms with Crippen molar-refractivity contribution in [3.8, 4) is 0 Å². The summed E-state index contributed by atoms with van der Waals surface area (Å²) in [5.74, 6) is 0.919. The summed E-state index contributed by atoms with van der Waals surface area (Å²) in [6.07, 6.45) is 0.512. The number of benzene rings is 1. The maximum absolute atomic E-state index is 11.8. The molecule has 22 heavy (non-hydrogen) atoms. The van der Waals surface area contributed by atoms with Crippen LogP contribution in [0.2, 0.25) is 0 Å². The molecule has 0 unspecified atom stereocenters. The number of rotatable bonds is 5. The molecule has 0 saturated carbocycles. The molecule has 0 aliphatic rings. The lowest BCUT2D eigenvalue weighted by atomic mass is 10.1. The average molecular weight is 298 g/mol. The van der Waals surface area contributed by atoms with Gasteiger partial charge in [0.1, 0.15) is 0 Å². The van der Waals surface area contributed by atoms with Crippen molar-refractivity contribution >= 4 is 23.2 Å². The first-order chi connectivity index (χ1) is 10.4. The van der Waals surface area contributed by atoms with Crippen molar-refractivity contribution in [2.24, 2.45) is 5.92 Å². The van der Waals surface area contributed by atoms with E-state index in [1.807, 2.05) is 58.0 Å². The third kappa shape index (κ3) is 4.84. The summed E-state index contributed by atoms with van der Waals surface area (Å²) < 4.78 is 0. The zero-order chi connectivity index (χ0) is 16.1. The van der Waals surface area contributed by atoms with Crippen LogP contribution in [0.15, 0.2) is 30.3 Å². The molecule has 0 spiro atoms. The van der Waals surface area contributed by atoms with E-state index in [0.29, 0.717) is 18.3 Å². The van der Waals surface area contributed by atoms with E-state index in [4.69, 9.17) is 0 Å². The van der Waals surface area contributed by atoms with Gasteiger partial charge in [-0.1, -0.05) is 19.9 Å². The van der Waals surface area contributed by atoms with Gasteiger partial charge in [-0.05, 0) is 44.0 Å². The number of amides is 1. The Morgan fingerprint density at radius 2 is 1.73 bits per heavy atom. The lowest BCUT2D eigenvalue weighted by Crippen LogP contribution is -2.13. The average Bonchev–Trinajstić information content (AvgIpc) is 2.36. The van der Waals surface area contributed by atoms with Crippen molar-refractivity contribution in [2.75, 3.05) is 10.6 Å². The van der Waals surface area contributed by atoms with Crippen molar-refractivity contribution < 1.29 is 4.79 Å². The molecule has 0 bridgehead atoms. The Bertz CT molecular complexity index is 647. The number of hydrogen-bond acceptors (Lipinski definition) is 4. The molecule has 0 saturated heterocycles. The zero-order valence-electron chi connectivity index (χ0n) is 13.5. The standard InChI is InChI=1S/C17H22N4O/c1-11(2)8-16(22)20-14-6-5-7-15(10-14)21-17-18-12(3)9-13(4)19-17/h5-7,9-11H,8H2,1-4H3,(H,20,22)(H,18,19,21). The van der Waals surface area contributed by atoms with E-state index < -0.39 is 0 Å². The number of carbonyl (C=O) groups is 1. The molecular weight excluding hydrogens is 276 g/mol. The molecule has 5 heteroatoms. The summed E-state index contributed by atoms with van der Waals surface area (Å²) in [6.45, 7) is 7.91. The first-order valence-corrected chi connectivity index (χ1v) is 7.41. The number of nitrogens with zero attached hydrogens (tertiary/aromatic N) is 2. The minimum atomic E-state index is 0.0230. The number of hydrogen-bond donors (Lipinski definition) is 2. The predicted octanol–water partition coefficient (Wildman–Crippen LogP) is 3.82. The van der Waals surface area contributed by atoms with Crippen LogP contribution in [0.3, 0.4) is 0 Å². The highest BCUT2D eigenvalue weighted by Gasteiger charge is 2.06. The van der Waals surface area contributed by atoms with Crippen LogP contribution in [0, 0.1) is 19.8 Å². The fourth-order valence-electron chi connectivity index (χ4n) is 2.17. The molecule has 0 radical (unpaired) electrons. The summed E-state index contributed by atoms with van der Waals surface area (Å²) in [7, 11) is 0. The molecule has 1 aromatic heterocycles. The Hall–Kier alpha value is -2.43. The molecular formula is C17H22N4O. The van der Waals surface area contributed by atoms with Crippen LogP contribution < -0.4 is 10.6 Å². The van der Waals surface area contributed by atoms with Gasteiger partial charge in [0, 0.05) is 29.2 Å². The molecule has 2 N–H and O–H groups in total. The third-order valence-corrected chi connectivity index (χ3v) is 2.98. The van der Waals surface area contributed by atoms with Crippen molar-refractivity contribution in [3.63, 3.8) is 0 Å². The maximum atomic E-state index is 11.8. The van der Waals surface area contributed by atoms with Gasteiger partial charge in [-0.3, -0.25) is 4.79 Å². The molecule has 1 aromatic carbocycles. The quantitative estimate of drug-likeness (QED) is 0.880. The summed E-state index contributed by atoms with van der Waals surface area (Å²) in [4.78, 5) is 20.5. The molecule has 5 nitrogen and oxygen atoms in total. The van der Waals surface area contributed by atoms with E-state index in [1.54, 1.807) is 0 Å². The Morgan fingerprint density at radius 3 is 2.36 bits per heavy atom. The first-order valence-electron chi connectivity index (χ1n) is 7.41. The summed E-state index contributed by atoms with van der Waals surface area (Å²) in [5, 5.41) is 6.07. The third-order valence-electron chi connectivity index (χ3n) is 2.98. The molecule has 2 rings (SSSR count). The minimum absolute atomic E-state index is 0.0230. The lowest BCUT2D eigenvalue weighted by molar-refractivity contribution is -0.116. The van der Waals surface area contributed by atoms with Crippen molar-refractivity contribution in [1.29, 1.82) is 0 Å². The van der Waals surface area contributed by atoms with Crippen LogP contribution >= 0.6 is 0 Å². The Balaban J connectivity index is 2.09. The molecule has 1 heterocycles. The predicted molar refractivity (Wildman–Crippen MR) is 89.3 cm³/mol. The molecule has 0 atom stereocenters. The largest absolute Gasteiger partial charge is 0.326 e. The first kappa shape index (κ1) is 15.9. The number of anilines is 3. The fraction of sp³-hybridized carbons (Fsp3) is 0.353. The van der Waals surface area contributed by atoms with Crippen LogP contribution in [0.1, 0.15) is 31.7 Å². The topological polar surface area (TPSA) is 66.9 Å². The number of aryl methyl sites for hydroxylation is 2. The van der Waals surface area contributed by atoms with Gasteiger partial charge >= 0.3 is 0 Å². The molecule has 0 aliphatic heterocycles. The SMILES string of the molecule is Cc1cc(C)nc(Nc2cccc(NC(=O)CC(C)C)c2)n1. The summed E-state index contributed by atoms with van der Waals surface area (Å²) in [6, 6.07) is 9.47. The molecule has 0 aliphatic carbocycles. The summed E-state index contributed by atoms with van der Waals surface area (Å²) >= 11 is 0. The molecule has 2 aromatic rings. The van der Waals surface area contributed by atoms with Gasteiger partial charge in [0.2, 0.25) is 11.9 Å². The van der Waals surface area contributed by atoms with E-state index >= 15 is 0 Å². The van der Waals surface area contributed by atoms with Crippen LogP contribution in [0.25, 0.3) is 0 Å². The van der Waals surface area contributed by atoms with Crippen LogP contribution in [0.5, 0.6) is 0 Å². The van der Waals surface area contributed by atoms with E-state index in [-0.39, 0.29) is 5.91 Å². The van der Waals surface area contributed by atoms with E-state index in [1.165, 1.54) is 0 Å². The van der Waals surface area contributed by atoms with Crippen LogP contribution in [0.4, 0.5) is 17.3 Å². The monoisotopic (exact) mass is 298 g/mol. The second-order valence-electron chi connectivity index (χ2n) is 5.83. The zero-order valence-corrected chi connectivity index (χ0v) is 13.5. The fourth-order valence-corrected chi connectivity index (χ4v) is 2.17. The second kappa shape index (κ2) is 7.02.